The lowest BCUT2D eigenvalue weighted by atomic mass is 9.83. The van der Waals surface area contributed by atoms with Crippen LogP contribution in [0.4, 0.5) is 15.6 Å². The van der Waals surface area contributed by atoms with Crippen molar-refractivity contribution in [2.24, 2.45) is 11.1 Å². The Kier molecular flexibility index (Phi) is 4.69. The third kappa shape index (κ3) is 4.09. The van der Waals surface area contributed by atoms with Crippen molar-refractivity contribution in [2.45, 2.75) is 53.1 Å². The highest BCUT2D eigenvalue weighted by Crippen LogP contribution is 2.41. The maximum atomic E-state index is 11.7. The monoisotopic (exact) mass is 313 g/mol. The summed E-state index contributed by atoms with van der Waals surface area (Å²) in [5, 5.41) is 19.3. The number of hydrogen-bond acceptors (Lipinski definition) is 5. The average Bonchev–Trinajstić information content (AvgIpc) is 2.68. The lowest BCUT2D eigenvalue weighted by Gasteiger charge is -2.43. The maximum absolute atomic E-state index is 11.7. The van der Waals surface area contributed by atoms with Crippen LogP contribution in [-0.4, -0.2) is 37.9 Å². The average molecular weight is 313 g/mol. The Morgan fingerprint density at radius 2 is 1.77 bits per heavy atom. The number of amides is 3. The Morgan fingerprint density at radius 3 is 2.14 bits per heavy atom. The standard InChI is InChI=1S/C13H23N5O4/c1-12(2,3)7(18(11(20)21)13(4,5)6)8-16-17-10(22-8)15-9(14)19/h7H,1-6H3,(H,20,21)(H3,14,15,17,19)/t7-/m1/s1. The molecular weight excluding hydrogens is 290 g/mol. The van der Waals surface area contributed by atoms with Gasteiger partial charge in [-0.2, -0.15) is 0 Å². The number of nitrogens with two attached hydrogens (primary N) is 1. The van der Waals surface area contributed by atoms with E-state index < -0.39 is 29.1 Å². The molecule has 1 heterocycles. The molecule has 124 valence electrons. The molecule has 4 N–H and O–H groups in total. The number of carbonyl (C=O) groups is 2. The molecule has 0 aliphatic heterocycles. The van der Waals surface area contributed by atoms with Crippen molar-refractivity contribution in [1.29, 1.82) is 0 Å². The summed E-state index contributed by atoms with van der Waals surface area (Å²) in [7, 11) is 0. The third-order valence-electron chi connectivity index (χ3n) is 2.91. The molecule has 0 unspecified atom stereocenters. The summed E-state index contributed by atoms with van der Waals surface area (Å²) in [6.07, 6.45) is -1.10. The fourth-order valence-corrected chi connectivity index (χ4v) is 2.15. The number of urea groups is 1. The number of aromatic nitrogens is 2. The van der Waals surface area contributed by atoms with Crippen molar-refractivity contribution in [3.63, 3.8) is 0 Å². The van der Waals surface area contributed by atoms with Gasteiger partial charge in [-0.15, -0.1) is 5.10 Å². The van der Waals surface area contributed by atoms with Gasteiger partial charge in [-0.3, -0.25) is 10.2 Å². The smallest absolute Gasteiger partial charge is 0.408 e. The normalized spacial score (nSPS) is 13.5. The summed E-state index contributed by atoms with van der Waals surface area (Å²) in [4.78, 5) is 23.8. The number of primary amides is 1. The molecule has 0 saturated heterocycles. The van der Waals surface area contributed by atoms with Crippen LogP contribution in [0.25, 0.3) is 0 Å². The molecule has 1 rings (SSSR count). The van der Waals surface area contributed by atoms with Crippen LogP contribution in [0.1, 0.15) is 53.5 Å². The number of carbonyl (C=O) groups excluding carboxylic acids is 1. The second-order valence-electron chi connectivity index (χ2n) is 7.03. The summed E-state index contributed by atoms with van der Waals surface area (Å²) in [6.45, 7) is 10.9. The van der Waals surface area contributed by atoms with Gasteiger partial charge in [0.05, 0.1) is 0 Å². The van der Waals surface area contributed by atoms with Gasteiger partial charge in [0.1, 0.15) is 6.04 Å². The van der Waals surface area contributed by atoms with E-state index in [2.05, 4.69) is 15.5 Å². The van der Waals surface area contributed by atoms with E-state index in [4.69, 9.17) is 10.2 Å². The van der Waals surface area contributed by atoms with Crippen LogP contribution >= 0.6 is 0 Å². The molecule has 22 heavy (non-hydrogen) atoms. The van der Waals surface area contributed by atoms with E-state index in [0.717, 1.165) is 0 Å². The summed E-state index contributed by atoms with van der Waals surface area (Å²) in [5.41, 5.74) is 3.79. The van der Waals surface area contributed by atoms with Crippen LogP contribution in [0.5, 0.6) is 0 Å². The van der Waals surface area contributed by atoms with Gasteiger partial charge in [0.2, 0.25) is 5.89 Å². The van der Waals surface area contributed by atoms with Crippen LogP contribution < -0.4 is 11.1 Å². The molecular formula is C13H23N5O4. The van der Waals surface area contributed by atoms with Gasteiger partial charge in [0.15, 0.2) is 0 Å². The van der Waals surface area contributed by atoms with Gasteiger partial charge in [-0.05, 0) is 26.2 Å². The Balaban J connectivity index is 3.32. The molecule has 0 saturated carbocycles. The lowest BCUT2D eigenvalue weighted by Crippen LogP contribution is -2.51. The van der Waals surface area contributed by atoms with Crippen LogP contribution in [-0.2, 0) is 0 Å². The molecule has 1 aromatic rings. The van der Waals surface area contributed by atoms with E-state index in [1.807, 2.05) is 20.8 Å². The number of nitrogens with one attached hydrogen (secondary N) is 1. The maximum Gasteiger partial charge on any atom is 0.408 e. The van der Waals surface area contributed by atoms with Crippen LogP contribution in [0.2, 0.25) is 0 Å². The Bertz CT molecular complexity index is 556. The predicted octanol–water partition coefficient (Wildman–Crippen LogP) is 2.43. The minimum absolute atomic E-state index is 0.0913. The molecule has 0 bridgehead atoms. The van der Waals surface area contributed by atoms with Crippen LogP contribution in [0, 0.1) is 5.41 Å². The van der Waals surface area contributed by atoms with Crippen molar-refractivity contribution in [1.82, 2.24) is 15.1 Å². The highest BCUT2D eigenvalue weighted by molar-refractivity contribution is 5.85. The number of hydrogen-bond donors (Lipinski definition) is 3. The summed E-state index contributed by atoms with van der Waals surface area (Å²) in [6, 6.07) is -1.70. The van der Waals surface area contributed by atoms with Crippen molar-refractivity contribution >= 4 is 18.1 Å². The molecule has 0 fully saturated rings. The first-order valence-electron chi connectivity index (χ1n) is 6.76. The zero-order valence-corrected chi connectivity index (χ0v) is 13.7. The molecule has 0 spiro atoms. The van der Waals surface area contributed by atoms with E-state index in [9.17, 15) is 14.7 Å². The molecule has 1 aromatic heterocycles. The van der Waals surface area contributed by atoms with Gasteiger partial charge in [-0.25, -0.2) is 9.59 Å². The Morgan fingerprint density at radius 1 is 1.23 bits per heavy atom. The zero-order valence-electron chi connectivity index (χ0n) is 13.7. The molecule has 9 heteroatoms. The van der Waals surface area contributed by atoms with E-state index in [1.165, 1.54) is 4.90 Å². The highest BCUT2D eigenvalue weighted by atomic mass is 16.4. The fourth-order valence-electron chi connectivity index (χ4n) is 2.15. The summed E-state index contributed by atoms with van der Waals surface area (Å²) < 4.78 is 5.37. The highest BCUT2D eigenvalue weighted by Gasteiger charge is 2.43. The lowest BCUT2D eigenvalue weighted by molar-refractivity contribution is 0.0154. The van der Waals surface area contributed by atoms with Gasteiger partial charge in [-0.1, -0.05) is 25.9 Å². The predicted molar refractivity (Wildman–Crippen MR) is 79.3 cm³/mol. The second kappa shape index (κ2) is 5.82. The van der Waals surface area contributed by atoms with Crippen molar-refractivity contribution < 1.29 is 19.1 Å². The second-order valence-corrected chi connectivity index (χ2v) is 7.03. The Hall–Kier alpha value is -2.32. The quantitative estimate of drug-likeness (QED) is 0.784. The SMILES string of the molecule is CC(C)(C)[C@@H](c1nnc(NC(N)=O)o1)N(C(=O)O)C(C)(C)C. The molecule has 0 aliphatic carbocycles. The van der Waals surface area contributed by atoms with Crippen LogP contribution in [0.15, 0.2) is 4.42 Å². The summed E-state index contributed by atoms with van der Waals surface area (Å²) >= 11 is 0. The Labute approximate surface area is 128 Å². The molecule has 1 atom stereocenters. The minimum atomic E-state index is -1.10. The number of nitrogens with zero attached hydrogens (tertiary/aromatic N) is 3. The van der Waals surface area contributed by atoms with Gasteiger partial charge < -0.3 is 15.3 Å². The number of anilines is 1. The van der Waals surface area contributed by atoms with Crippen molar-refractivity contribution in [3.05, 3.63) is 5.89 Å². The minimum Gasteiger partial charge on any atom is -0.465 e. The third-order valence-corrected chi connectivity index (χ3v) is 2.91. The van der Waals surface area contributed by atoms with Gasteiger partial charge in [0.25, 0.3) is 0 Å². The molecule has 0 radical (unpaired) electrons. The first-order chi connectivity index (χ1) is 9.84. The molecule has 0 aromatic carbocycles. The van der Waals surface area contributed by atoms with E-state index >= 15 is 0 Å². The van der Waals surface area contributed by atoms with Gasteiger partial charge in [0, 0.05) is 5.54 Å². The number of rotatable bonds is 3. The van der Waals surface area contributed by atoms with Crippen molar-refractivity contribution in [2.75, 3.05) is 5.32 Å². The first kappa shape index (κ1) is 17.7. The first-order valence-corrected chi connectivity index (χ1v) is 6.76. The van der Waals surface area contributed by atoms with Crippen LogP contribution in [0.3, 0.4) is 0 Å². The summed E-state index contributed by atoms with van der Waals surface area (Å²) in [5.74, 6) is 0.0913. The fraction of sp³-hybridized carbons (Fsp3) is 0.692. The number of carboxylic acid groups (broad SMARTS) is 1. The molecule has 9 nitrogen and oxygen atoms in total. The van der Waals surface area contributed by atoms with Crippen molar-refractivity contribution in [3.8, 4) is 0 Å². The molecule has 0 aliphatic rings. The van der Waals surface area contributed by atoms with E-state index in [-0.39, 0.29) is 11.9 Å². The van der Waals surface area contributed by atoms with Gasteiger partial charge >= 0.3 is 18.1 Å². The topological polar surface area (TPSA) is 135 Å². The zero-order chi connectivity index (χ0) is 17.3. The van der Waals surface area contributed by atoms with E-state index in [0.29, 0.717) is 0 Å². The molecule has 3 amide bonds. The van der Waals surface area contributed by atoms with E-state index in [1.54, 1.807) is 20.8 Å². The largest absolute Gasteiger partial charge is 0.465 e.